The molecule has 0 atom stereocenters. The number of methoxy groups -OCH3 is 1. The van der Waals surface area contributed by atoms with E-state index in [9.17, 15) is 34.8 Å². The van der Waals surface area contributed by atoms with E-state index in [1.165, 1.54) is 0 Å². The van der Waals surface area contributed by atoms with Crippen molar-refractivity contribution in [1.29, 1.82) is 0 Å². The Hall–Kier alpha value is -4.11. The SMILES string of the molecule is COc1ccc(CCNc2nc(NC[C@H]3CC[C@H](CNS(=O)(=O)c4cc(C(F)(F)F)cc(C(F)(F)F)c4)CC3)nc3ccccc23)cc1. The summed E-state index contributed by atoms with van der Waals surface area (Å²) >= 11 is 0. The Bertz CT molecular complexity index is 1780. The molecule has 48 heavy (non-hydrogen) atoms. The van der Waals surface area contributed by atoms with E-state index in [1.807, 2.05) is 48.5 Å². The fourth-order valence-corrected chi connectivity index (χ4v) is 6.86. The third kappa shape index (κ3) is 9.07. The molecule has 0 spiro atoms. The summed E-state index contributed by atoms with van der Waals surface area (Å²) in [5, 5.41) is 7.63. The van der Waals surface area contributed by atoms with Crippen LogP contribution in [0.5, 0.6) is 5.75 Å². The molecule has 1 aliphatic carbocycles. The molecular weight excluding hydrogens is 660 g/mol. The molecule has 3 N–H and O–H groups in total. The van der Waals surface area contributed by atoms with Gasteiger partial charge in [0.05, 0.1) is 28.6 Å². The number of halogens is 6. The van der Waals surface area contributed by atoms with Crippen LogP contribution in [0, 0.1) is 11.8 Å². The molecule has 0 amide bonds. The first-order chi connectivity index (χ1) is 22.7. The minimum absolute atomic E-state index is 0.0978. The van der Waals surface area contributed by atoms with Gasteiger partial charge in [0.15, 0.2) is 0 Å². The first-order valence-electron chi connectivity index (χ1n) is 15.4. The number of hydrogen-bond donors (Lipinski definition) is 3. The predicted octanol–water partition coefficient (Wildman–Crippen LogP) is 7.53. The molecule has 1 heterocycles. The van der Waals surface area contributed by atoms with Gasteiger partial charge in [0, 0.05) is 25.0 Å². The number of sulfonamides is 1. The molecule has 3 aromatic carbocycles. The van der Waals surface area contributed by atoms with Crippen LogP contribution in [0.3, 0.4) is 0 Å². The lowest BCUT2D eigenvalue weighted by atomic mass is 9.82. The van der Waals surface area contributed by atoms with Gasteiger partial charge in [0.2, 0.25) is 16.0 Å². The molecule has 258 valence electrons. The highest BCUT2D eigenvalue weighted by Gasteiger charge is 2.38. The van der Waals surface area contributed by atoms with Crippen molar-refractivity contribution >= 4 is 32.7 Å². The molecule has 0 unspecified atom stereocenters. The van der Waals surface area contributed by atoms with Crippen LogP contribution < -0.4 is 20.1 Å². The second kappa shape index (κ2) is 14.6. The van der Waals surface area contributed by atoms with Gasteiger partial charge in [-0.15, -0.1) is 0 Å². The summed E-state index contributed by atoms with van der Waals surface area (Å²) in [5.74, 6) is 2.08. The van der Waals surface area contributed by atoms with Gasteiger partial charge in [-0.2, -0.15) is 31.3 Å². The number of nitrogens with zero attached hydrogens (tertiary/aromatic N) is 2. The second-order valence-corrected chi connectivity index (χ2v) is 13.6. The van der Waals surface area contributed by atoms with Crippen molar-refractivity contribution in [2.45, 2.75) is 49.4 Å². The lowest BCUT2D eigenvalue weighted by Gasteiger charge is -2.28. The number of fused-ring (bicyclic) bond motifs is 1. The molecule has 5 rings (SSSR count). The number of para-hydroxylation sites is 1. The van der Waals surface area contributed by atoms with Crippen LogP contribution in [0.25, 0.3) is 10.9 Å². The van der Waals surface area contributed by atoms with E-state index in [0.717, 1.165) is 41.5 Å². The summed E-state index contributed by atoms with van der Waals surface area (Å²) in [4.78, 5) is 8.29. The normalized spacial score (nSPS) is 17.3. The standard InChI is InChI=1S/C33H35F6N5O3S/c1-47-26-12-10-21(11-13-26)14-15-40-30-28-4-2-3-5-29(28)43-31(44-30)41-19-22-6-8-23(9-7-22)20-42-48(45,46)27-17-24(32(34,35)36)16-25(18-27)33(37,38)39/h2-5,10-13,16-18,22-23,42H,6-9,14-15,19-20H2,1H3,(H2,40,41,43,44)/t22-,23-. The highest BCUT2D eigenvalue weighted by atomic mass is 32.2. The molecule has 0 saturated heterocycles. The lowest BCUT2D eigenvalue weighted by Crippen LogP contribution is -2.32. The van der Waals surface area contributed by atoms with Crippen molar-refractivity contribution in [2.75, 3.05) is 37.4 Å². The van der Waals surface area contributed by atoms with Gasteiger partial charge in [-0.1, -0.05) is 24.3 Å². The van der Waals surface area contributed by atoms with Crippen molar-refractivity contribution in [3.8, 4) is 5.75 Å². The summed E-state index contributed by atoms with van der Waals surface area (Å²) in [5.41, 5.74) is -1.44. The molecular formula is C33H35F6N5O3S. The van der Waals surface area contributed by atoms with Gasteiger partial charge in [0.1, 0.15) is 11.6 Å². The van der Waals surface area contributed by atoms with Crippen molar-refractivity contribution in [1.82, 2.24) is 14.7 Å². The van der Waals surface area contributed by atoms with Crippen LogP contribution in [-0.4, -0.2) is 45.1 Å². The smallest absolute Gasteiger partial charge is 0.416 e. The number of aromatic nitrogens is 2. The van der Waals surface area contributed by atoms with E-state index < -0.39 is 38.4 Å². The van der Waals surface area contributed by atoms with Crippen LogP contribution >= 0.6 is 0 Å². The predicted molar refractivity (Wildman–Crippen MR) is 170 cm³/mol. The molecule has 1 aliphatic rings. The van der Waals surface area contributed by atoms with E-state index in [0.29, 0.717) is 37.7 Å². The minimum Gasteiger partial charge on any atom is -0.497 e. The van der Waals surface area contributed by atoms with Crippen LogP contribution in [0.15, 0.2) is 71.6 Å². The van der Waals surface area contributed by atoms with Gasteiger partial charge in [-0.05, 0) is 92.0 Å². The van der Waals surface area contributed by atoms with E-state index in [4.69, 9.17) is 9.72 Å². The highest BCUT2D eigenvalue weighted by molar-refractivity contribution is 7.89. The first kappa shape index (κ1) is 35.2. The third-order valence-electron chi connectivity index (χ3n) is 8.42. The molecule has 1 fully saturated rings. The van der Waals surface area contributed by atoms with E-state index in [2.05, 4.69) is 20.3 Å². The maximum absolute atomic E-state index is 13.2. The maximum atomic E-state index is 13.2. The summed E-state index contributed by atoms with van der Waals surface area (Å²) in [7, 11) is -3.00. The first-order valence-corrected chi connectivity index (χ1v) is 16.9. The van der Waals surface area contributed by atoms with Crippen LogP contribution in [0.2, 0.25) is 0 Å². The molecule has 8 nitrogen and oxygen atoms in total. The molecule has 0 radical (unpaired) electrons. The minimum atomic E-state index is -5.15. The van der Waals surface area contributed by atoms with Crippen LogP contribution in [0.4, 0.5) is 38.1 Å². The Labute approximate surface area is 274 Å². The average Bonchev–Trinajstić information content (AvgIpc) is 3.06. The quantitative estimate of drug-likeness (QED) is 0.132. The molecule has 1 saturated carbocycles. The number of nitrogens with one attached hydrogen (secondary N) is 3. The lowest BCUT2D eigenvalue weighted by molar-refractivity contribution is -0.143. The average molecular weight is 696 g/mol. The molecule has 0 bridgehead atoms. The van der Waals surface area contributed by atoms with Gasteiger partial charge in [-0.25, -0.2) is 18.1 Å². The topological polar surface area (TPSA) is 105 Å². The monoisotopic (exact) mass is 695 g/mol. The fourth-order valence-electron chi connectivity index (χ4n) is 5.68. The van der Waals surface area contributed by atoms with Crippen LogP contribution in [-0.2, 0) is 28.8 Å². The summed E-state index contributed by atoms with van der Waals surface area (Å²) in [6, 6.07) is 15.9. The molecule has 1 aromatic heterocycles. The summed E-state index contributed by atoms with van der Waals surface area (Å²) in [6.07, 6.45) is -6.79. The molecule has 0 aliphatic heterocycles. The second-order valence-electron chi connectivity index (χ2n) is 11.8. The Balaban J connectivity index is 1.14. The maximum Gasteiger partial charge on any atom is 0.416 e. The number of benzene rings is 3. The molecule has 4 aromatic rings. The van der Waals surface area contributed by atoms with Crippen molar-refractivity contribution in [3.63, 3.8) is 0 Å². The fraction of sp³-hybridized carbons (Fsp3) is 0.394. The third-order valence-corrected chi connectivity index (χ3v) is 9.82. The number of rotatable bonds is 12. The molecule has 15 heteroatoms. The van der Waals surface area contributed by atoms with Gasteiger partial charge < -0.3 is 15.4 Å². The summed E-state index contributed by atoms with van der Waals surface area (Å²) < 4.78 is 112. The van der Waals surface area contributed by atoms with Crippen molar-refractivity contribution in [3.05, 3.63) is 83.4 Å². The zero-order valence-electron chi connectivity index (χ0n) is 26.0. The zero-order valence-corrected chi connectivity index (χ0v) is 26.8. The van der Waals surface area contributed by atoms with Crippen molar-refractivity contribution in [2.24, 2.45) is 11.8 Å². The van der Waals surface area contributed by atoms with E-state index in [1.54, 1.807) is 7.11 Å². The van der Waals surface area contributed by atoms with Gasteiger partial charge in [-0.3, -0.25) is 0 Å². The van der Waals surface area contributed by atoms with Gasteiger partial charge in [0.25, 0.3) is 0 Å². The number of alkyl halides is 6. The van der Waals surface area contributed by atoms with Crippen molar-refractivity contribution < 1.29 is 39.5 Å². The van der Waals surface area contributed by atoms with Crippen LogP contribution in [0.1, 0.15) is 42.4 Å². The zero-order chi connectivity index (χ0) is 34.5. The van der Waals surface area contributed by atoms with Gasteiger partial charge >= 0.3 is 12.4 Å². The summed E-state index contributed by atoms with van der Waals surface area (Å²) in [6.45, 7) is 1.13. The number of ether oxygens (including phenoxy) is 1. The Kier molecular flexibility index (Phi) is 10.7. The Morgan fingerprint density at radius 2 is 1.40 bits per heavy atom. The number of hydrogen-bond acceptors (Lipinski definition) is 7. The Morgan fingerprint density at radius 3 is 2.00 bits per heavy atom. The van der Waals surface area contributed by atoms with E-state index >= 15 is 0 Å². The van der Waals surface area contributed by atoms with E-state index in [-0.39, 0.29) is 36.6 Å². The number of anilines is 2. The largest absolute Gasteiger partial charge is 0.497 e. The Morgan fingerprint density at radius 1 is 0.792 bits per heavy atom. The highest BCUT2D eigenvalue weighted by Crippen LogP contribution is 2.37.